The maximum atomic E-state index is 13.6. The summed E-state index contributed by atoms with van der Waals surface area (Å²) < 4.78 is 11.4. The normalized spacial score (nSPS) is 17.2. The smallest absolute Gasteiger partial charge is 0.232 e. The minimum absolute atomic E-state index is 0.0690. The molecule has 4 aromatic rings. The minimum atomic E-state index is -0.296. The number of para-hydroxylation sites is 2. The number of ether oxygens (including phenoxy) is 2. The van der Waals surface area contributed by atoms with Gasteiger partial charge in [0, 0.05) is 35.2 Å². The Hall–Kier alpha value is -3.32. The number of hydrogen-bond acceptors (Lipinski definition) is 5. The van der Waals surface area contributed by atoms with Gasteiger partial charge in [0.15, 0.2) is 0 Å². The van der Waals surface area contributed by atoms with Crippen LogP contribution in [0.15, 0.2) is 66.9 Å². The first-order chi connectivity index (χ1) is 18.1. The average Bonchev–Trinajstić information content (AvgIpc) is 2.94. The fraction of sp³-hybridized carbons (Fsp3) is 0.241. The van der Waals surface area contributed by atoms with E-state index in [1.54, 1.807) is 12.3 Å². The molecule has 8 heteroatoms. The molecule has 0 spiro atoms. The van der Waals surface area contributed by atoms with Gasteiger partial charge in [-0.05, 0) is 18.6 Å². The van der Waals surface area contributed by atoms with Crippen molar-refractivity contribution in [3.8, 4) is 16.9 Å². The molecule has 3 aromatic carbocycles. The summed E-state index contributed by atoms with van der Waals surface area (Å²) in [6.07, 6.45) is 2.37. The van der Waals surface area contributed by atoms with Crippen molar-refractivity contribution in [1.82, 2.24) is 4.98 Å². The number of halogens is 2. The molecule has 6 nitrogen and oxygen atoms in total. The summed E-state index contributed by atoms with van der Waals surface area (Å²) >= 11 is 12.9. The average molecular weight is 534 g/mol. The first kappa shape index (κ1) is 24.0. The van der Waals surface area contributed by atoms with Crippen molar-refractivity contribution < 1.29 is 14.3 Å². The number of carbonyl (C=O) groups is 1. The van der Waals surface area contributed by atoms with Crippen molar-refractivity contribution >= 4 is 51.4 Å². The second-order valence-electron chi connectivity index (χ2n) is 9.14. The van der Waals surface area contributed by atoms with Gasteiger partial charge in [-0.2, -0.15) is 0 Å². The van der Waals surface area contributed by atoms with Crippen LogP contribution in [0.1, 0.15) is 17.9 Å². The zero-order chi connectivity index (χ0) is 25.4. The molecule has 6 rings (SSSR count). The number of fused-ring (bicyclic) bond motifs is 2. The summed E-state index contributed by atoms with van der Waals surface area (Å²) in [4.78, 5) is 20.7. The van der Waals surface area contributed by atoms with Crippen molar-refractivity contribution in [2.24, 2.45) is 0 Å². The lowest BCUT2D eigenvalue weighted by molar-refractivity contribution is -0.118. The highest BCUT2D eigenvalue weighted by Crippen LogP contribution is 2.42. The molecule has 37 heavy (non-hydrogen) atoms. The zero-order valence-electron chi connectivity index (χ0n) is 20.0. The number of morpholine rings is 1. The molecule has 1 amide bonds. The maximum absolute atomic E-state index is 13.6. The van der Waals surface area contributed by atoms with E-state index in [2.05, 4.69) is 10.2 Å². The van der Waals surface area contributed by atoms with Crippen LogP contribution in [0.4, 0.5) is 11.4 Å². The predicted molar refractivity (Wildman–Crippen MR) is 148 cm³/mol. The Kier molecular flexibility index (Phi) is 6.63. The van der Waals surface area contributed by atoms with E-state index in [0.29, 0.717) is 55.1 Å². The lowest BCUT2D eigenvalue weighted by Crippen LogP contribution is -2.37. The highest BCUT2D eigenvalue weighted by Gasteiger charge is 2.29. The summed E-state index contributed by atoms with van der Waals surface area (Å²) in [5.41, 5.74) is 5.01. The molecule has 1 unspecified atom stereocenters. The molecule has 0 saturated carbocycles. The highest BCUT2D eigenvalue weighted by molar-refractivity contribution is 6.44. The first-order valence-electron chi connectivity index (χ1n) is 12.3. The quantitative estimate of drug-likeness (QED) is 0.322. The molecule has 1 atom stereocenters. The summed E-state index contributed by atoms with van der Waals surface area (Å²) in [6, 6.07) is 19.3. The van der Waals surface area contributed by atoms with Gasteiger partial charge in [0.25, 0.3) is 0 Å². The van der Waals surface area contributed by atoms with Gasteiger partial charge in [0.05, 0.1) is 58.9 Å². The molecule has 3 heterocycles. The number of amides is 1. The Morgan fingerprint density at radius 3 is 2.59 bits per heavy atom. The van der Waals surface area contributed by atoms with Crippen LogP contribution in [-0.4, -0.2) is 43.8 Å². The van der Waals surface area contributed by atoms with Gasteiger partial charge in [-0.25, -0.2) is 0 Å². The second-order valence-corrected chi connectivity index (χ2v) is 9.92. The summed E-state index contributed by atoms with van der Waals surface area (Å²) in [5.74, 6) is 0.400. The van der Waals surface area contributed by atoms with Gasteiger partial charge in [-0.3, -0.25) is 9.78 Å². The highest BCUT2D eigenvalue weighted by atomic mass is 35.5. The third-order valence-corrected chi connectivity index (χ3v) is 7.79. The van der Waals surface area contributed by atoms with E-state index in [4.69, 9.17) is 37.7 Å². The van der Waals surface area contributed by atoms with E-state index >= 15 is 0 Å². The monoisotopic (exact) mass is 533 g/mol. The van der Waals surface area contributed by atoms with Crippen molar-refractivity contribution in [2.45, 2.75) is 12.3 Å². The molecule has 1 aromatic heterocycles. The number of nitrogens with one attached hydrogen (secondary N) is 1. The van der Waals surface area contributed by atoms with Crippen LogP contribution < -0.4 is 15.0 Å². The molecule has 0 aliphatic carbocycles. The molecule has 2 aliphatic heterocycles. The van der Waals surface area contributed by atoms with E-state index in [1.807, 2.05) is 54.6 Å². The Bertz CT molecular complexity index is 1490. The van der Waals surface area contributed by atoms with E-state index in [0.717, 1.165) is 39.0 Å². The second kappa shape index (κ2) is 10.2. The van der Waals surface area contributed by atoms with Gasteiger partial charge >= 0.3 is 0 Å². The molecule has 1 fully saturated rings. The van der Waals surface area contributed by atoms with E-state index in [-0.39, 0.29) is 11.8 Å². The lowest BCUT2D eigenvalue weighted by Gasteiger charge is -2.32. The topological polar surface area (TPSA) is 63.7 Å². The van der Waals surface area contributed by atoms with Crippen molar-refractivity contribution in [2.75, 3.05) is 43.1 Å². The van der Waals surface area contributed by atoms with Crippen molar-refractivity contribution in [3.63, 3.8) is 0 Å². The Morgan fingerprint density at radius 2 is 1.73 bits per heavy atom. The first-order valence-corrected chi connectivity index (χ1v) is 13.1. The fourth-order valence-electron chi connectivity index (χ4n) is 5.19. The number of nitrogens with zero attached hydrogens (tertiary/aromatic N) is 2. The van der Waals surface area contributed by atoms with Gasteiger partial charge in [-0.1, -0.05) is 71.7 Å². The Labute approximate surface area is 225 Å². The van der Waals surface area contributed by atoms with Crippen LogP contribution in [0.2, 0.25) is 10.0 Å². The number of aromatic nitrogens is 1. The molecule has 0 radical (unpaired) electrons. The number of benzene rings is 3. The lowest BCUT2D eigenvalue weighted by atomic mass is 9.92. The maximum Gasteiger partial charge on any atom is 0.232 e. The Balaban J connectivity index is 1.45. The summed E-state index contributed by atoms with van der Waals surface area (Å²) in [6.45, 7) is 3.16. The van der Waals surface area contributed by atoms with E-state index < -0.39 is 0 Å². The van der Waals surface area contributed by atoms with Gasteiger partial charge < -0.3 is 19.7 Å². The van der Waals surface area contributed by atoms with Gasteiger partial charge in [0.2, 0.25) is 5.91 Å². The number of carbonyl (C=O) groups excluding carboxylic acids is 1. The number of pyridine rings is 1. The standard InChI is InChI=1S/C29H25Cl2N3O3/c30-23-9-4-6-19(26(23)31)20-7-3-8-22-27(20)32-17-24(28(22)34-12-15-36-16-13-34)33-29(35)21-11-14-37-25-10-2-1-5-18(21)25/h1-10,17,21H,11-16H2,(H,33,35). The zero-order valence-corrected chi connectivity index (χ0v) is 21.6. The minimum Gasteiger partial charge on any atom is -0.493 e. The number of rotatable bonds is 4. The van der Waals surface area contributed by atoms with Crippen LogP contribution in [0.5, 0.6) is 5.75 Å². The van der Waals surface area contributed by atoms with Crippen molar-refractivity contribution in [1.29, 1.82) is 0 Å². The van der Waals surface area contributed by atoms with Gasteiger partial charge in [0.1, 0.15) is 5.75 Å². The molecule has 0 bridgehead atoms. The van der Waals surface area contributed by atoms with Crippen LogP contribution in [0.3, 0.4) is 0 Å². The SMILES string of the molecule is O=C(Nc1cnc2c(-c3cccc(Cl)c3Cl)cccc2c1N1CCOCC1)C1CCOc2ccccc21. The molecule has 1 N–H and O–H groups in total. The molecular formula is C29H25Cl2N3O3. The third-order valence-electron chi connectivity index (χ3n) is 6.97. The molecule has 1 saturated heterocycles. The van der Waals surface area contributed by atoms with Crippen molar-refractivity contribution in [3.05, 3.63) is 82.5 Å². The third kappa shape index (κ3) is 4.50. The molecule has 188 valence electrons. The summed E-state index contributed by atoms with van der Waals surface area (Å²) in [5, 5.41) is 5.11. The Morgan fingerprint density at radius 1 is 0.946 bits per heavy atom. The predicted octanol–water partition coefficient (Wildman–Crippen LogP) is 6.55. The largest absolute Gasteiger partial charge is 0.493 e. The van der Waals surface area contributed by atoms with E-state index in [9.17, 15) is 4.79 Å². The van der Waals surface area contributed by atoms with E-state index in [1.165, 1.54) is 0 Å². The van der Waals surface area contributed by atoms with Gasteiger partial charge in [-0.15, -0.1) is 0 Å². The van der Waals surface area contributed by atoms with Crippen LogP contribution in [0, 0.1) is 0 Å². The van der Waals surface area contributed by atoms with Crippen LogP contribution >= 0.6 is 23.2 Å². The van der Waals surface area contributed by atoms with Crippen LogP contribution in [-0.2, 0) is 9.53 Å². The number of hydrogen-bond donors (Lipinski definition) is 1. The molecular weight excluding hydrogens is 509 g/mol. The fourth-order valence-corrected chi connectivity index (χ4v) is 5.59. The molecule has 2 aliphatic rings. The van der Waals surface area contributed by atoms with Crippen LogP contribution in [0.25, 0.3) is 22.0 Å². The summed E-state index contributed by atoms with van der Waals surface area (Å²) in [7, 11) is 0. The number of anilines is 2.